The molecule has 0 saturated carbocycles. The van der Waals surface area contributed by atoms with E-state index in [1.807, 2.05) is 29.8 Å². The Labute approximate surface area is 136 Å². The van der Waals surface area contributed by atoms with Crippen molar-refractivity contribution in [1.29, 1.82) is 0 Å². The van der Waals surface area contributed by atoms with Crippen LogP contribution in [0.25, 0.3) is 5.82 Å². The Kier molecular flexibility index (Phi) is 4.21. The third kappa shape index (κ3) is 3.14. The monoisotopic (exact) mass is 307 g/mol. The average Bonchev–Trinajstić information content (AvgIpc) is 2.89. The van der Waals surface area contributed by atoms with Gasteiger partial charge in [-0.3, -0.25) is 4.90 Å². The van der Waals surface area contributed by atoms with Crippen molar-refractivity contribution < 1.29 is 0 Å². The van der Waals surface area contributed by atoms with Gasteiger partial charge < -0.3 is 0 Å². The predicted molar refractivity (Wildman–Crippen MR) is 90.6 cm³/mol. The molecule has 0 aliphatic rings. The first-order valence-corrected chi connectivity index (χ1v) is 7.64. The summed E-state index contributed by atoms with van der Waals surface area (Å²) in [6.45, 7) is 4.01. The summed E-state index contributed by atoms with van der Waals surface area (Å²) in [4.78, 5) is 11.3. The van der Waals surface area contributed by atoms with Crippen molar-refractivity contribution in [3.05, 3.63) is 71.4 Å². The summed E-state index contributed by atoms with van der Waals surface area (Å²) in [5.74, 6) is 2.39. The number of pyridine rings is 1. The molecule has 3 rings (SSSR count). The maximum atomic E-state index is 4.68. The molecule has 0 N–H and O–H groups in total. The number of aryl methyl sites for hydroxylation is 2. The zero-order chi connectivity index (χ0) is 16.4. The summed E-state index contributed by atoms with van der Waals surface area (Å²) in [6, 6.07) is 14.3. The summed E-state index contributed by atoms with van der Waals surface area (Å²) < 4.78 is 1.84. The summed E-state index contributed by atoms with van der Waals surface area (Å²) in [7, 11) is 4.11. The van der Waals surface area contributed by atoms with E-state index in [2.05, 4.69) is 65.3 Å². The summed E-state index contributed by atoms with van der Waals surface area (Å²) in [6.07, 6.45) is 1.77. The second kappa shape index (κ2) is 6.30. The Morgan fingerprint density at radius 3 is 2.52 bits per heavy atom. The fourth-order valence-corrected chi connectivity index (χ4v) is 2.77. The predicted octanol–water partition coefficient (Wildman–Crippen LogP) is 2.93. The molecule has 2 aromatic heterocycles. The Balaban J connectivity index is 2.15. The van der Waals surface area contributed by atoms with Crippen molar-refractivity contribution in [3.8, 4) is 5.82 Å². The van der Waals surface area contributed by atoms with Crippen LogP contribution in [0.3, 0.4) is 0 Å². The van der Waals surface area contributed by atoms with Gasteiger partial charge in [-0.1, -0.05) is 35.9 Å². The van der Waals surface area contributed by atoms with Crippen LogP contribution in [0, 0.1) is 13.8 Å². The molecule has 0 unspecified atom stereocenters. The lowest BCUT2D eigenvalue weighted by Crippen LogP contribution is -2.25. The highest BCUT2D eigenvalue weighted by Crippen LogP contribution is 2.27. The molecule has 1 aromatic carbocycles. The molecule has 3 aromatic rings. The van der Waals surface area contributed by atoms with Gasteiger partial charge in [0, 0.05) is 6.20 Å². The van der Waals surface area contributed by atoms with E-state index in [0.717, 1.165) is 17.5 Å². The van der Waals surface area contributed by atoms with E-state index < -0.39 is 0 Å². The molecular weight excluding hydrogens is 286 g/mol. The highest BCUT2D eigenvalue weighted by Gasteiger charge is 2.24. The van der Waals surface area contributed by atoms with Crippen LogP contribution in [0.15, 0.2) is 48.7 Å². The van der Waals surface area contributed by atoms with E-state index in [-0.39, 0.29) is 6.04 Å². The molecular formula is C18H21N5. The highest BCUT2D eigenvalue weighted by atomic mass is 15.4. The lowest BCUT2D eigenvalue weighted by molar-refractivity contribution is 0.325. The van der Waals surface area contributed by atoms with Gasteiger partial charge >= 0.3 is 0 Å². The Bertz CT molecular complexity index is 792. The van der Waals surface area contributed by atoms with Crippen LogP contribution in [0.2, 0.25) is 0 Å². The number of nitrogens with zero attached hydrogens (tertiary/aromatic N) is 5. The van der Waals surface area contributed by atoms with E-state index >= 15 is 0 Å². The van der Waals surface area contributed by atoms with Gasteiger partial charge in [-0.05, 0) is 45.6 Å². The molecule has 0 radical (unpaired) electrons. The molecule has 0 fully saturated rings. The van der Waals surface area contributed by atoms with E-state index in [4.69, 9.17) is 0 Å². The maximum absolute atomic E-state index is 4.68. The minimum absolute atomic E-state index is 0.0121. The summed E-state index contributed by atoms with van der Waals surface area (Å²) in [5, 5.41) is 4.55. The first-order chi connectivity index (χ1) is 11.1. The van der Waals surface area contributed by atoms with Gasteiger partial charge in [0.05, 0.1) is 6.04 Å². The van der Waals surface area contributed by atoms with Gasteiger partial charge in [-0.25, -0.2) is 9.97 Å². The van der Waals surface area contributed by atoms with Crippen molar-refractivity contribution >= 4 is 0 Å². The van der Waals surface area contributed by atoms with E-state index in [0.29, 0.717) is 0 Å². The van der Waals surface area contributed by atoms with E-state index in [1.165, 1.54) is 11.1 Å². The minimum atomic E-state index is 0.0121. The van der Waals surface area contributed by atoms with Crippen molar-refractivity contribution in [1.82, 2.24) is 24.6 Å². The van der Waals surface area contributed by atoms with Crippen molar-refractivity contribution in [3.63, 3.8) is 0 Å². The number of rotatable bonds is 4. The van der Waals surface area contributed by atoms with Crippen LogP contribution in [-0.4, -0.2) is 38.7 Å². The lowest BCUT2D eigenvalue weighted by Gasteiger charge is -2.24. The van der Waals surface area contributed by atoms with Crippen molar-refractivity contribution in [2.45, 2.75) is 19.9 Å². The van der Waals surface area contributed by atoms with Gasteiger partial charge in [-0.2, -0.15) is 4.68 Å². The standard InChI is InChI=1S/C18H21N5/c1-13-8-7-9-15(12-13)17(22(3)4)18-20-14(2)21-23(18)16-10-5-6-11-19-16/h5-12,17H,1-4H3/t17-/m0/s1. The molecule has 118 valence electrons. The van der Waals surface area contributed by atoms with Gasteiger partial charge in [0.2, 0.25) is 0 Å². The first-order valence-electron chi connectivity index (χ1n) is 7.64. The van der Waals surface area contributed by atoms with Crippen molar-refractivity contribution in [2.75, 3.05) is 14.1 Å². The smallest absolute Gasteiger partial charge is 0.156 e. The molecule has 0 spiro atoms. The Hall–Kier alpha value is -2.53. The fraction of sp³-hybridized carbons (Fsp3) is 0.278. The Morgan fingerprint density at radius 2 is 1.87 bits per heavy atom. The minimum Gasteiger partial charge on any atom is -0.296 e. The van der Waals surface area contributed by atoms with Gasteiger partial charge in [0.1, 0.15) is 5.82 Å². The molecule has 1 atom stereocenters. The summed E-state index contributed by atoms with van der Waals surface area (Å²) in [5.41, 5.74) is 2.43. The highest BCUT2D eigenvalue weighted by molar-refractivity contribution is 5.32. The number of hydrogen-bond donors (Lipinski definition) is 0. The second-order valence-corrected chi connectivity index (χ2v) is 5.90. The second-order valence-electron chi connectivity index (χ2n) is 5.90. The van der Waals surface area contributed by atoms with E-state index in [1.54, 1.807) is 6.20 Å². The van der Waals surface area contributed by atoms with Crippen LogP contribution in [0.5, 0.6) is 0 Å². The fourth-order valence-electron chi connectivity index (χ4n) is 2.77. The zero-order valence-corrected chi connectivity index (χ0v) is 13.9. The lowest BCUT2D eigenvalue weighted by atomic mass is 10.0. The van der Waals surface area contributed by atoms with Crippen LogP contribution in [-0.2, 0) is 0 Å². The average molecular weight is 307 g/mol. The van der Waals surface area contributed by atoms with Gasteiger partial charge in [0.25, 0.3) is 0 Å². The van der Waals surface area contributed by atoms with Crippen LogP contribution >= 0.6 is 0 Å². The molecule has 0 aliphatic heterocycles. The topological polar surface area (TPSA) is 46.8 Å². The van der Waals surface area contributed by atoms with Gasteiger partial charge in [0.15, 0.2) is 11.6 Å². The maximum Gasteiger partial charge on any atom is 0.156 e. The molecule has 2 heterocycles. The molecule has 0 aliphatic carbocycles. The third-order valence-electron chi connectivity index (χ3n) is 3.72. The molecule has 0 amide bonds. The van der Waals surface area contributed by atoms with Crippen LogP contribution in [0.4, 0.5) is 0 Å². The summed E-state index contributed by atoms with van der Waals surface area (Å²) >= 11 is 0. The third-order valence-corrected chi connectivity index (χ3v) is 3.72. The first kappa shape index (κ1) is 15.4. The van der Waals surface area contributed by atoms with Crippen LogP contribution < -0.4 is 0 Å². The zero-order valence-electron chi connectivity index (χ0n) is 13.9. The molecule has 23 heavy (non-hydrogen) atoms. The molecule has 5 heteroatoms. The molecule has 0 bridgehead atoms. The van der Waals surface area contributed by atoms with E-state index in [9.17, 15) is 0 Å². The van der Waals surface area contributed by atoms with Crippen molar-refractivity contribution in [2.24, 2.45) is 0 Å². The molecule has 5 nitrogen and oxygen atoms in total. The number of hydrogen-bond acceptors (Lipinski definition) is 4. The largest absolute Gasteiger partial charge is 0.296 e. The molecule has 0 saturated heterocycles. The van der Waals surface area contributed by atoms with Crippen LogP contribution in [0.1, 0.15) is 28.8 Å². The Morgan fingerprint density at radius 1 is 1.04 bits per heavy atom. The quantitative estimate of drug-likeness (QED) is 0.743. The SMILES string of the molecule is Cc1cccc([C@@H](c2nc(C)nn2-c2ccccn2)N(C)C)c1. The number of benzene rings is 1. The normalized spacial score (nSPS) is 12.6. The number of aromatic nitrogens is 4. The van der Waals surface area contributed by atoms with Gasteiger partial charge in [-0.15, -0.1) is 5.10 Å².